The predicted molar refractivity (Wildman–Crippen MR) is 97.8 cm³/mol. The van der Waals surface area contributed by atoms with E-state index in [1.165, 1.54) is 0 Å². The van der Waals surface area contributed by atoms with Gasteiger partial charge in [-0.15, -0.1) is 0 Å². The third kappa shape index (κ3) is 2.72. The number of nitrogens with zero attached hydrogens (tertiary/aromatic N) is 1. The maximum Gasteiger partial charge on any atom is 0.254 e. The largest absolute Gasteiger partial charge is 0.323 e. The van der Waals surface area contributed by atoms with E-state index in [0.717, 1.165) is 5.56 Å². The number of nitrogens with one attached hydrogen (secondary N) is 1. The third-order valence-electron chi connectivity index (χ3n) is 4.12. The summed E-state index contributed by atoms with van der Waals surface area (Å²) in [6, 6.07) is 24.7. The molecule has 25 heavy (non-hydrogen) atoms. The van der Waals surface area contributed by atoms with E-state index in [9.17, 15) is 9.00 Å². The lowest BCUT2D eigenvalue weighted by molar-refractivity contribution is -0.117. The first-order valence-corrected chi connectivity index (χ1v) is 9.46. The molecule has 1 aliphatic rings. The van der Waals surface area contributed by atoms with Gasteiger partial charge in [0, 0.05) is 0 Å². The van der Waals surface area contributed by atoms with Crippen molar-refractivity contribution in [2.24, 2.45) is 4.36 Å². The quantitative estimate of drug-likeness (QED) is 0.752. The lowest BCUT2D eigenvalue weighted by Crippen LogP contribution is -2.18. The van der Waals surface area contributed by atoms with Gasteiger partial charge in [-0.1, -0.05) is 60.7 Å². The normalized spacial score (nSPS) is 22.2. The molecule has 3 aromatic carbocycles. The molecule has 1 aliphatic heterocycles. The molecule has 4 rings (SSSR count). The molecule has 1 N–H and O–H groups in total. The number of hydrogen-bond acceptors (Lipinski definition) is 3. The number of benzene rings is 3. The van der Waals surface area contributed by atoms with Crippen molar-refractivity contribution in [3.63, 3.8) is 0 Å². The average Bonchev–Trinajstić information content (AvgIpc) is 2.78. The fourth-order valence-corrected chi connectivity index (χ4v) is 5.12. The zero-order chi connectivity index (χ0) is 17.3. The van der Waals surface area contributed by atoms with Gasteiger partial charge in [0.1, 0.15) is 9.73 Å². The van der Waals surface area contributed by atoms with Gasteiger partial charge in [0.05, 0.1) is 15.5 Å². The van der Waals surface area contributed by atoms with E-state index in [1.807, 2.05) is 60.7 Å². The third-order valence-corrected chi connectivity index (χ3v) is 6.49. The van der Waals surface area contributed by atoms with Gasteiger partial charge in [-0.3, -0.25) is 4.79 Å². The number of hydrogen-bond donors (Lipinski definition) is 1. The average molecular weight is 348 g/mol. The van der Waals surface area contributed by atoms with Crippen LogP contribution < -0.4 is 5.32 Å². The summed E-state index contributed by atoms with van der Waals surface area (Å²) in [4.78, 5) is 13.9. The molecule has 0 radical (unpaired) electrons. The number of para-hydroxylation sites is 1. The minimum absolute atomic E-state index is 0.278. The van der Waals surface area contributed by atoms with Crippen LogP contribution in [0.4, 0.5) is 5.69 Å². The predicted octanol–water partition coefficient (Wildman–Crippen LogP) is 4.27. The van der Waals surface area contributed by atoms with Crippen molar-refractivity contribution >= 4 is 21.3 Å². The smallest absolute Gasteiger partial charge is 0.254 e. The van der Waals surface area contributed by atoms with Crippen LogP contribution in [-0.2, 0) is 14.5 Å². The van der Waals surface area contributed by atoms with Gasteiger partial charge in [0.25, 0.3) is 5.91 Å². The minimum Gasteiger partial charge on any atom is -0.323 e. The standard InChI is InChI=1S/C20H16N2O2S/c23-20-19(15-9-3-1-4-10-15)22-25(24,16-11-5-2-6-12-16)18-14-8-7-13-17(18)21-20/h1-14,19H,(H,21,23). The highest BCUT2D eigenvalue weighted by atomic mass is 32.2. The minimum atomic E-state index is -2.95. The topological polar surface area (TPSA) is 58.5 Å². The van der Waals surface area contributed by atoms with E-state index in [2.05, 4.69) is 9.68 Å². The van der Waals surface area contributed by atoms with Crippen molar-refractivity contribution < 1.29 is 9.00 Å². The second-order valence-corrected chi connectivity index (χ2v) is 7.92. The molecular formula is C20H16N2O2S. The Morgan fingerprint density at radius 1 is 0.800 bits per heavy atom. The monoisotopic (exact) mass is 348 g/mol. The number of carbonyl (C=O) groups excluding carboxylic acids is 1. The van der Waals surface area contributed by atoms with Gasteiger partial charge in [0.15, 0.2) is 6.04 Å². The summed E-state index contributed by atoms with van der Waals surface area (Å²) >= 11 is 0. The summed E-state index contributed by atoms with van der Waals surface area (Å²) in [6.07, 6.45) is 0. The van der Waals surface area contributed by atoms with E-state index in [0.29, 0.717) is 15.5 Å². The Balaban J connectivity index is 2.02. The van der Waals surface area contributed by atoms with Crippen molar-refractivity contribution in [2.75, 3.05) is 5.32 Å². The van der Waals surface area contributed by atoms with Crippen LogP contribution in [0.5, 0.6) is 0 Å². The molecule has 4 nitrogen and oxygen atoms in total. The van der Waals surface area contributed by atoms with Crippen LogP contribution >= 0.6 is 0 Å². The molecule has 5 heteroatoms. The molecule has 1 heterocycles. The molecule has 3 aromatic rings. The maximum absolute atomic E-state index is 14.0. The summed E-state index contributed by atoms with van der Waals surface area (Å²) in [6.45, 7) is 0. The highest BCUT2D eigenvalue weighted by Crippen LogP contribution is 2.36. The highest BCUT2D eigenvalue weighted by molar-refractivity contribution is 7.94. The number of rotatable bonds is 2. The zero-order valence-corrected chi connectivity index (χ0v) is 14.1. The second-order valence-electron chi connectivity index (χ2n) is 5.74. The number of fused-ring (bicyclic) bond motifs is 1. The van der Waals surface area contributed by atoms with Crippen LogP contribution in [0.3, 0.4) is 0 Å². The number of anilines is 1. The Morgan fingerprint density at radius 3 is 2.12 bits per heavy atom. The lowest BCUT2D eigenvalue weighted by Gasteiger charge is -2.13. The fourth-order valence-electron chi connectivity index (χ4n) is 2.91. The molecule has 0 bridgehead atoms. The molecule has 0 aromatic heterocycles. The molecule has 0 fully saturated rings. The van der Waals surface area contributed by atoms with E-state index >= 15 is 0 Å². The summed E-state index contributed by atoms with van der Waals surface area (Å²) < 4.78 is 18.6. The van der Waals surface area contributed by atoms with E-state index in [4.69, 9.17) is 0 Å². The van der Waals surface area contributed by atoms with Gasteiger partial charge in [-0.2, -0.15) is 0 Å². The van der Waals surface area contributed by atoms with Crippen LogP contribution in [0.1, 0.15) is 11.6 Å². The van der Waals surface area contributed by atoms with E-state index < -0.39 is 15.8 Å². The Bertz CT molecular complexity index is 1040. The maximum atomic E-state index is 14.0. The van der Waals surface area contributed by atoms with Crippen LogP contribution in [0.2, 0.25) is 0 Å². The fraction of sp³-hybridized carbons (Fsp3) is 0.0500. The van der Waals surface area contributed by atoms with Crippen molar-refractivity contribution in [2.45, 2.75) is 15.8 Å². The van der Waals surface area contributed by atoms with Gasteiger partial charge in [-0.25, -0.2) is 8.57 Å². The Kier molecular flexibility index (Phi) is 3.86. The Labute approximate surface area is 146 Å². The van der Waals surface area contributed by atoms with E-state index in [1.54, 1.807) is 24.3 Å². The van der Waals surface area contributed by atoms with Crippen molar-refractivity contribution in [3.05, 3.63) is 90.5 Å². The summed E-state index contributed by atoms with van der Waals surface area (Å²) in [5.74, 6) is -0.278. The molecule has 0 saturated heterocycles. The first kappa shape index (κ1) is 15.6. The summed E-state index contributed by atoms with van der Waals surface area (Å²) in [5, 5.41) is 2.88. The molecular weight excluding hydrogens is 332 g/mol. The lowest BCUT2D eigenvalue weighted by atomic mass is 10.1. The van der Waals surface area contributed by atoms with E-state index in [-0.39, 0.29) is 5.91 Å². The first-order valence-electron chi connectivity index (χ1n) is 7.95. The van der Waals surface area contributed by atoms with Crippen LogP contribution in [0.15, 0.2) is 99.1 Å². The molecule has 1 amide bonds. The van der Waals surface area contributed by atoms with Gasteiger partial charge >= 0.3 is 0 Å². The summed E-state index contributed by atoms with van der Waals surface area (Å²) in [7, 11) is -2.95. The van der Waals surface area contributed by atoms with Gasteiger partial charge < -0.3 is 5.32 Å². The van der Waals surface area contributed by atoms with Crippen molar-refractivity contribution in [3.8, 4) is 0 Å². The molecule has 2 unspecified atom stereocenters. The first-order chi connectivity index (χ1) is 12.2. The second kappa shape index (κ2) is 6.18. The molecule has 2 atom stereocenters. The van der Waals surface area contributed by atoms with Crippen molar-refractivity contribution in [1.82, 2.24) is 0 Å². The van der Waals surface area contributed by atoms with Crippen LogP contribution in [0, 0.1) is 0 Å². The van der Waals surface area contributed by atoms with Crippen LogP contribution in [0.25, 0.3) is 0 Å². The summed E-state index contributed by atoms with van der Waals surface area (Å²) in [5.41, 5.74) is 1.26. The Morgan fingerprint density at radius 2 is 1.40 bits per heavy atom. The van der Waals surface area contributed by atoms with Gasteiger partial charge in [0.2, 0.25) is 0 Å². The number of carbonyl (C=O) groups is 1. The molecule has 0 saturated carbocycles. The zero-order valence-electron chi connectivity index (χ0n) is 13.3. The highest BCUT2D eigenvalue weighted by Gasteiger charge is 2.30. The molecule has 0 spiro atoms. The molecule has 124 valence electrons. The van der Waals surface area contributed by atoms with Crippen LogP contribution in [-0.4, -0.2) is 10.1 Å². The SMILES string of the molecule is O=C1Nc2ccccc2S(=O)(c2ccccc2)=NC1c1ccccc1. The van der Waals surface area contributed by atoms with Gasteiger partial charge in [-0.05, 0) is 29.8 Å². The molecule has 0 aliphatic carbocycles. The Hall–Kier alpha value is -2.92. The number of amides is 1. The van der Waals surface area contributed by atoms with Crippen molar-refractivity contribution in [1.29, 1.82) is 0 Å².